The Kier molecular flexibility index (Phi) is 3.26. The number of hydrogen-bond donors (Lipinski definition) is 0. The Bertz CT molecular complexity index is 739. The van der Waals surface area contributed by atoms with Crippen molar-refractivity contribution in [2.24, 2.45) is 0 Å². The third-order valence-electron chi connectivity index (χ3n) is 3.75. The summed E-state index contributed by atoms with van der Waals surface area (Å²) in [5.74, 6) is -0.554. The molecule has 0 saturated heterocycles. The fraction of sp³-hybridized carbons (Fsp3) is 0.267. The largest absolute Gasteiger partial charge is 0.348 e. The molecular formula is C15H12F2N4. The highest BCUT2D eigenvalue weighted by atomic mass is 19.1. The molecule has 1 atom stereocenters. The molecule has 0 radical (unpaired) electrons. The van der Waals surface area contributed by atoms with E-state index in [0.29, 0.717) is 29.9 Å². The molecule has 0 amide bonds. The van der Waals surface area contributed by atoms with Gasteiger partial charge in [0.25, 0.3) is 0 Å². The van der Waals surface area contributed by atoms with Gasteiger partial charge in [0.2, 0.25) is 0 Å². The van der Waals surface area contributed by atoms with Crippen LogP contribution in [0, 0.1) is 23.0 Å². The van der Waals surface area contributed by atoms with Crippen molar-refractivity contribution in [3.8, 4) is 6.07 Å². The summed E-state index contributed by atoms with van der Waals surface area (Å²) < 4.78 is 27.3. The molecule has 4 nitrogen and oxygen atoms in total. The Morgan fingerprint density at radius 3 is 2.90 bits per heavy atom. The molecule has 2 aromatic rings. The maximum Gasteiger partial charge on any atom is 0.161 e. The smallest absolute Gasteiger partial charge is 0.161 e. The van der Waals surface area contributed by atoms with E-state index in [2.05, 4.69) is 9.97 Å². The lowest BCUT2D eigenvalue weighted by molar-refractivity contribution is 0.534. The van der Waals surface area contributed by atoms with Gasteiger partial charge in [-0.3, -0.25) is 4.98 Å². The van der Waals surface area contributed by atoms with E-state index in [4.69, 9.17) is 5.26 Å². The van der Waals surface area contributed by atoms with E-state index < -0.39 is 11.6 Å². The molecule has 1 aromatic heterocycles. The summed E-state index contributed by atoms with van der Waals surface area (Å²) in [6.45, 7) is 2.40. The first kappa shape index (κ1) is 13.4. The zero-order valence-electron chi connectivity index (χ0n) is 11.3. The molecule has 1 aliphatic heterocycles. The first-order chi connectivity index (χ1) is 10.1. The Labute approximate surface area is 120 Å². The summed E-state index contributed by atoms with van der Waals surface area (Å²) in [7, 11) is 0. The van der Waals surface area contributed by atoms with E-state index in [1.54, 1.807) is 6.20 Å². The number of anilines is 1. The van der Waals surface area contributed by atoms with E-state index in [-0.39, 0.29) is 11.7 Å². The molecule has 0 spiro atoms. The normalized spacial score (nSPS) is 17.2. The van der Waals surface area contributed by atoms with Gasteiger partial charge < -0.3 is 4.90 Å². The summed E-state index contributed by atoms with van der Waals surface area (Å²) >= 11 is 0. The van der Waals surface area contributed by atoms with Crippen molar-refractivity contribution >= 4 is 5.82 Å². The molecule has 2 heterocycles. The maximum absolute atomic E-state index is 13.8. The fourth-order valence-electron chi connectivity index (χ4n) is 2.71. The number of rotatable bonds is 1. The van der Waals surface area contributed by atoms with E-state index in [9.17, 15) is 8.78 Å². The van der Waals surface area contributed by atoms with Gasteiger partial charge in [-0.15, -0.1) is 0 Å². The Hall–Kier alpha value is -2.55. The van der Waals surface area contributed by atoms with E-state index >= 15 is 0 Å². The van der Waals surface area contributed by atoms with Crippen LogP contribution < -0.4 is 4.90 Å². The average Bonchev–Trinajstić information content (AvgIpc) is 2.48. The van der Waals surface area contributed by atoms with Gasteiger partial charge in [0.05, 0.1) is 18.4 Å². The second-order valence-corrected chi connectivity index (χ2v) is 4.95. The van der Waals surface area contributed by atoms with Crippen LogP contribution in [0.25, 0.3) is 0 Å². The van der Waals surface area contributed by atoms with Gasteiger partial charge in [-0.25, -0.2) is 13.8 Å². The van der Waals surface area contributed by atoms with Crippen molar-refractivity contribution < 1.29 is 8.78 Å². The first-order valence-electron chi connectivity index (χ1n) is 6.56. The van der Waals surface area contributed by atoms with Crippen molar-refractivity contribution in [2.45, 2.75) is 19.4 Å². The number of fused-ring (bicyclic) bond motifs is 1. The van der Waals surface area contributed by atoms with Crippen LogP contribution in [0.3, 0.4) is 0 Å². The number of halogens is 2. The van der Waals surface area contributed by atoms with E-state index in [1.807, 2.05) is 17.9 Å². The Morgan fingerprint density at radius 1 is 1.33 bits per heavy atom. The minimum absolute atomic E-state index is 0.218. The first-order valence-corrected chi connectivity index (χ1v) is 6.56. The molecule has 0 N–H and O–H groups in total. The van der Waals surface area contributed by atoms with Crippen molar-refractivity contribution in [1.29, 1.82) is 5.26 Å². The molecule has 1 aliphatic rings. The molecule has 0 aliphatic carbocycles. The van der Waals surface area contributed by atoms with Crippen molar-refractivity contribution in [1.82, 2.24) is 9.97 Å². The lowest BCUT2D eigenvalue weighted by Gasteiger charge is -2.36. The van der Waals surface area contributed by atoms with Gasteiger partial charge in [0.1, 0.15) is 23.5 Å². The third-order valence-corrected chi connectivity index (χ3v) is 3.75. The van der Waals surface area contributed by atoms with Crippen LogP contribution in [0.2, 0.25) is 0 Å². The van der Waals surface area contributed by atoms with E-state index in [1.165, 1.54) is 12.3 Å². The molecule has 3 rings (SSSR count). The minimum atomic E-state index is -0.586. The predicted octanol–water partition coefficient (Wildman–Crippen LogP) is 2.75. The van der Waals surface area contributed by atoms with Crippen LogP contribution in [-0.2, 0) is 6.42 Å². The molecule has 106 valence electrons. The monoisotopic (exact) mass is 286 g/mol. The number of nitriles is 1. The van der Waals surface area contributed by atoms with Gasteiger partial charge in [0.15, 0.2) is 5.69 Å². The summed E-state index contributed by atoms with van der Waals surface area (Å²) in [5.41, 5.74) is 1.38. The zero-order valence-corrected chi connectivity index (χ0v) is 11.3. The molecule has 1 unspecified atom stereocenters. The highest BCUT2D eigenvalue weighted by molar-refractivity contribution is 5.47. The van der Waals surface area contributed by atoms with Gasteiger partial charge in [0, 0.05) is 12.6 Å². The molecular weight excluding hydrogens is 274 g/mol. The third kappa shape index (κ3) is 2.31. The van der Waals surface area contributed by atoms with E-state index in [0.717, 1.165) is 6.07 Å². The van der Waals surface area contributed by atoms with Crippen molar-refractivity contribution in [3.05, 3.63) is 53.0 Å². The summed E-state index contributed by atoms with van der Waals surface area (Å²) in [4.78, 5) is 10.1. The van der Waals surface area contributed by atoms with Gasteiger partial charge >= 0.3 is 0 Å². The van der Waals surface area contributed by atoms with Crippen molar-refractivity contribution in [2.75, 3.05) is 11.4 Å². The number of nitrogens with zero attached hydrogens (tertiary/aromatic N) is 4. The number of aromatic nitrogens is 2. The molecule has 0 bridgehead atoms. The zero-order chi connectivity index (χ0) is 15.0. The van der Waals surface area contributed by atoms with Crippen molar-refractivity contribution in [3.63, 3.8) is 0 Å². The highest BCUT2D eigenvalue weighted by Gasteiger charge is 2.28. The maximum atomic E-state index is 13.8. The van der Waals surface area contributed by atoms with Crippen LogP contribution in [-0.4, -0.2) is 16.5 Å². The molecule has 1 aromatic carbocycles. The second-order valence-electron chi connectivity index (χ2n) is 4.95. The molecule has 0 fully saturated rings. The summed E-state index contributed by atoms with van der Waals surface area (Å²) in [5, 5.41) is 8.89. The number of hydrogen-bond acceptors (Lipinski definition) is 4. The summed E-state index contributed by atoms with van der Waals surface area (Å²) in [6, 6.07) is 3.98. The van der Waals surface area contributed by atoms with Crippen LogP contribution in [0.4, 0.5) is 14.6 Å². The topological polar surface area (TPSA) is 52.8 Å². The lowest BCUT2D eigenvalue weighted by atomic mass is 9.93. The van der Waals surface area contributed by atoms with Gasteiger partial charge in [-0.05, 0) is 30.5 Å². The highest BCUT2D eigenvalue weighted by Crippen LogP contribution is 2.34. The predicted molar refractivity (Wildman–Crippen MR) is 72.6 cm³/mol. The molecule has 6 heteroatoms. The van der Waals surface area contributed by atoms with Crippen LogP contribution in [0.5, 0.6) is 0 Å². The Balaban J connectivity index is 2.02. The van der Waals surface area contributed by atoms with Gasteiger partial charge in [-0.1, -0.05) is 0 Å². The lowest BCUT2D eigenvalue weighted by Crippen LogP contribution is -2.35. The number of benzene rings is 1. The van der Waals surface area contributed by atoms with Crippen LogP contribution in [0.15, 0.2) is 24.5 Å². The minimum Gasteiger partial charge on any atom is -0.348 e. The standard InChI is InChI=1S/C15H12F2N4/c1-9-13-4-10(16)5-14(17)12(13)2-3-21(9)15-8-19-7-11(6-18)20-15/h4-5,7-9H,2-3H2,1H3. The van der Waals surface area contributed by atoms with Gasteiger partial charge in [-0.2, -0.15) is 5.26 Å². The summed E-state index contributed by atoms with van der Waals surface area (Å²) in [6.07, 6.45) is 3.40. The average molecular weight is 286 g/mol. The quantitative estimate of drug-likeness (QED) is 0.809. The molecule has 0 saturated carbocycles. The van der Waals surface area contributed by atoms with Crippen LogP contribution >= 0.6 is 0 Å². The SMILES string of the molecule is CC1c2cc(F)cc(F)c2CCN1c1cncc(C#N)n1. The fourth-order valence-corrected chi connectivity index (χ4v) is 2.71. The Morgan fingerprint density at radius 2 is 2.14 bits per heavy atom. The van der Waals surface area contributed by atoms with Crippen LogP contribution in [0.1, 0.15) is 29.8 Å². The molecule has 21 heavy (non-hydrogen) atoms. The second kappa shape index (κ2) is 5.09.